The van der Waals surface area contributed by atoms with Crippen LogP contribution >= 0.6 is 0 Å². The van der Waals surface area contributed by atoms with Gasteiger partial charge in [-0.15, -0.1) is 0 Å². The number of rotatable bonds is 3. The monoisotopic (exact) mass is 159 g/mol. The fraction of sp³-hybridized carbons (Fsp3) is 1.00. The lowest BCUT2D eigenvalue weighted by atomic mass is 10.2. The Morgan fingerprint density at radius 3 is 2.36 bits per heavy atom. The van der Waals surface area contributed by atoms with E-state index in [0.29, 0.717) is 12.9 Å². The Hall–Kier alpha value is -0.120. The predicted molar refractivity (Wildman–Crippen MR) is 43.4 cm³/mol. The Kier molecular flexibility index (Phi) is 2.87. The first-order valence-electron chi connectivity index (χ1n) is 4.04. The van der Waals surface area contributed by atoms with Gasteiger partial charge in [0.1, 0.15) is 6.79 Å². The smallest absolute Gasteiger partial charge is 0.147 e. The Morgan fingerprint density at radius 1 is 1.36 bits per heavy atom. The van der Waals surface area contributed by atoms with Crippen LogP contribution in [0.25, 0.3) is 0 Å². The molecule has 1 fully saturated rings. The molecule has 1 rings (SSSR count). The van der Waals surface area contributed by atoms with Gasteiger partial charge >= 0.3 is 0 Å². The van der Waals surface area contributed by atoms with E-state index in [-0.39, 0.29) is 5.60 Å². The molecule has 0 aromatic heterocycles. The summed E-state index contributed by atoms with van der Waals surface area (Å²) in [7, 11) is 0. The molecule has 0 atom stereocenters. The zero-order valence-corrected chi connectivity index (χ0v) is 7.52. The lowest BCUT2D eigenvalue weighted by Gasteiger charge is -2.28. The first-order valence-corrected chi connectivity index (χ1v) is 4.04. The highest BCUT2D eigenvalue weighted by atomic mass is 16.7. The van der Waals surface area contributed by atoms with Crippen LogP contribution in [-0.2, 0) is 9.47 Å². The van der Waals surface area contributed by atoms with Crippen LogP contribution in [0.1, 0.15) is 20.8 Å². The molecule has 0 aromatic carbocycles. The number of ether oxygens (including phenoxy) is 2. The largest absolute Gasteiger partial charge is 0.350 e. The minimum atomic E-state index is -0.0861. The van der Waals surface area contributed by atoms with Crippen molar-refractivity contribution in [2.75, 3.05) is 19.9 Å². The molecule has 1 aliphatic rings. The Balaban J connectivity index is 1.95. The highest BCUT2D eigenvalue weighted by Gasteiger charge is 2.18. The molecule has 0 spiro atoms. The fourth-order valence-electron chi connectivity index (χ4n) is 0.687. The summed E-state index contributed by atoms with van der Waals surface area (Å²) in [5.41, 5.74) is -0.0861. The van der Waals surface area contributed by atoms with Crippen LogP contribution in [0.15, 0.2) is 0 Å². The van der Waals surface area contributed by atoms with Crippen molar-refractivity contribution in [1.82, 2.24) is 5.32 Å². The van der Waals surface area contributed by atoms with Gasteiger partial charge in [-0.3, -0.25) is 0 Å². The molecule has 1 aliphatic heterocycles. The molecular weight excluding hydrogens is 142 g/mol. The molecule has 0 aromatic rings. The van der Waals surface area contributed by atoms with Gasteiger partial charge < -0.3 is 14.8 Å². The highest BCUT2D eigenvalue weighted by molar-refractivity contribution is 4.74. The van der Waals surface area contributed by atoms with Crippen molar-refractivity contribution >= 4 is 0 Å². The predicted octanol–water partition coefficient (Wildman–Crippen LogP) is 0.747. The number of hydrogen-bond donors (Lipinski definition) is 1. The second kappa shape index (κ2) is 3.52. The molecular formula is C8H17NO2. The quantitative estimate of drug-likeness (QED) is 0.616. The molecule has 3 nitrogen and oxygen atoms in total. The van der Waals surface area contributed by atoms with E-state index in [2.05, 4.69) is 5.32 Å². The molecule has 0 radical (unpaired) electrons. The van der Waals surface area contributed by atoms with Crippen molar-refractivity contribution in [1.29, 1.82) is 0 Å². The Bertz CT molecular complexity index is 116. The Morgan fingerprint density at radius 2 is 2.00 bits per heavy atom. The summed E-state index contributed by atoms with van der Waals surface area (Å²) >= 11 is 0. The maximum absolute atomic E-state index is 5.39. The first-order chi connectivity index (χ1) is 5.08. The van der Waals surface area contributed by atoms with Crippen LogP contribution in [0, 0.1) is 0 Å². The molecule has 3 heteroatoms. The van der Waals surface area contributed by atoms with E-state index in [0.717, 1.165) is 13.1 Å². The molecule has 1 N–H and O–H groups in total. The standard InChI is InChI=1S/C8H17NO2/c1-8(2,3)11-6-10-7-4-9-5-7/h7,9H,4-6H2,1-3H3. The summed E-state index contributed by atoms with van der Waals surface area (Å²) in [5, 5.41) is 3.13. The second-order valence-electron chi connectivity index (χ2n) is 3.82. The van der Waals surface area contributed by atoms with Gasteiger partial charge in [0.15, 0.2) is 0 Å². The van der Waals surface area contributed by atoms with E-state index in [4.69, 9.17) is 9.47 Å². The van der Waals surface area contributed by atoms with Gasteiger partial charge in [-0.1, -0.05) is 0 Å². The molecule has 0 aliphatic carbocycles. The summed E-state index contributed by atoms with van der Waals surface area (Å²) in [6, 6.07) is 0. The second-order valence-corrected chi connectivity index (χ2v) is 3.82. The zero-order valence-electron chi connectivity index (χ0n) is 7.52. The lowest BCUT2D eigenvalue weighted by molar-refractivity contribution is -0.151. The van der Waals surface area contributed by atoms with E-state index in [1.165, 1.54) is 0 Å². The van der Waals surface area contributed by atoms with Crippen molar-refractivity contribution in [2.24, 2.45) is 0 Å². The van der Waals surface area contributed by atoms with E-state index in [1.807, 2.05) is 20.8 Å². The highest BCUT2D eigenvalue weighted by Crippen LogP contribution is 2.07. The van der Waals surface area contributed by atoms with Crippen molar-refractivity contribution in [3.63, 3.8) is 0 Å². The lowest BCUT2D eigenvalue weighted by Crippen LogP contribution is -2.49. The van der Waals surface area contributed by atoms with Crippen LogP contribution in [0.3, 0.4) is 0 Å². The summed E-state index contributed by atoms with van der Waals surface area (Å²) in [5.74, 6) is 0. The molecule has 1 saturated heterocycles. The third-order valence-corrected chi connectivity index (χ3v) is 1.54. The average Bonchev–Trinajstić information content (AvgIpc) is 1.73. The van der Waals surface area contributed by atoms with Crippen molar-refractivity contribution < 1.29 is 9.47 Å². The van der Waals surface area contributed by atoms with Gasteiger partial charge in [0.05, 0.1) is 11.7 Å². The molecule has 11 heavy (non-hydrogen) atoms. The van der Waals surface area contributed by atoms with E-state index in [9.17, 15) is 0 Å². The molecule has 0 unspecified atom stereocenters. The average molecular weight is 159 g/mol. The summed E-state index contributed by atoms with van der Waals surface area (Å²) < 4.78 is 10.8. The topological polar surface area (TPSA) is 30.5 Å². The molecule has 66 valence electrons. The van der Waals surface area contributed by atoms with Gasteiger partial charge in [0.25, 0.3) is 0 Å². The zero-order chi connectivity index (χ0) is 8.32. The van der Waals surface area contributed by atoms with Crippen molar-refractivity contribution in [2.45, 2.75) is 32.5 Å². The van der Waals surface area contributed by atoms with Crippen LogP contribution in [-0.4, -0.2) is 31.6 Å². The maximum atomic E-state index is 5.39. The normalized spacial score (nSPS) is 19.9. The van der Waals surface area contributed by atoms with E-state index in [1.54, 1.807) is 0 Å². The SMILES string of the molecule is CC(C)(C)OCOC1CNC1. The first kappa shape index (κ1) is 8.97. The van der Waals surface area contributed by atoms with Crippen LogP contribution in [0.5, 0.6) is 0 Å². The Labute approximate surface area is 68.1 Å². The van der Waals surface area contributed by atoms with Gasteiger partial charge in [-0.25, -0.2) is 0 Å². The summed E-state index contributed by atoms with van der Waals surface area (Å²) in [6.45, 7) is 8.41. The van der Waals surface area contributed by atoms with E-state index >= 15 is 0 Å². The number of nitrogens with one attached hydrogen (secondary N) is 1. The molecule has 1 heterocycles. The van der Waals surface area contributed by atoms with Crippen LogP contribution in [0.4, 0.5) is 0 Å². The minimum absolute atomic E-state index is 0.0861. The van der Waals surface area contributed by atoms with Gasteiger partial charge in [0, 0.05) is 13.1 Å². The third-order valence-electron chi connectivity index (χ3n) is 1.54. The summed E-state index contributed by atoms with van der Waals surface area (Å²) in [6.07, 6.45) is 0.373. The third kappa shape index (κ3) is 3.70. The molecule has 0 amide bonds. The molecule has 0 bridgehead atoms. The van der Waals surface area contributed by atoms with Gasteiger partial charge in [-0.2, -0.15) is 0 Å². The van der Waals surface area contributed by atoms with E-state index < -0.39 is 0 Å². The molecule has 0 saturated carbocycles. The maximum Gasteiger partial charge on any atom is 0.147 e. The van der Waals surface area contributed by atoms with Crippen LogP contribution < -0.4 is 5.32 Å². The minimum Gasteiger partial charge on any atom is -0.350 e. The van der Waals surface area contributed by atoms with Gasteiger partial charge in [-0.05, 0) is 20.8 Å². The van der Waals surface area contributed by atoms with Crippen molar-refractivity contribution in [3.8, 4) is 0 Å². The summed E-state index contributed by atoms with van der Waals surface area (Å²) in [4.78, 5) is 0. The van der Waals surface area contributed by atoms with Gasteiger partial charge in [0.2, 0.25) is 0 Å². The van der Waals surface area contributed by atoms with Crippen molar-refractivity contribution in [3.05, 3.63) is 0 Å². The number of hydrogen-bond acceptors (Lipinski definition) is 3. The fourth-order valence-corrected chi connectivity index (χ4v) is 0.687. The van der Waals surface area contributed by atoms with Crippen LogP contribution in [0.2, 0.25) is 0 Å².